The van der Waals surface area contributed by atoms with Crippen molar-refractivity contribution >= 4 is 5.78 Å². The Hall–Kier alpha value is -1.15. The predicted molar refractivity (Wildman–Crippen MR) is 76.9 cm³/mol. The van der Waals surface area contributed by atoms with Crippen molar-refractivity contribution in [2.24, 2.45) is 11.3 Å². The highest BCUT2D eigenvalue weighted by atomic mass is 16.5. The van der Waals surface area contributed by atoms with Gasteiger partial charge in [0.05, 0.1) is 0 Å². The van der Waals surface area contributed by atoms with E-state index >= 15 is 0 Å². The third kappa shape index (κ3) is 2.59. The monoisotopic (exact) mass is 260 g/mol. The lowest BCUT2D eigenvalue weighted by atomic mass is 9.66. The highest BCUT2D eigenvalue weighted by Gasteiger charge is 2.46. The van der Waals surface area contributed by atoms with Gasteiger partial charge in [-0.25, -0.2) is 0 Å². The van der Waals surface area contributed by atoms with Crippen molar-refractivity contribution in [2.75, 3.05) is 7.11 Å². The summed E-state index contributed by atoms with van der Waals surface area (Å²) in [6.07, 6.45) is 2.44. The molecule has 0 heterocycles. The summed E-state index contributed by atoms with van der Waals surface area (Å²) in [6.45, 7) is 6.65. The summed E-state index contributed by atoms with van der Waals surface area (Å²) in [6, 6.07) is 9.91. The molecule has 2 heteroatoms. The van der Waals surface area contributed by atoms with E-state index < -0.39 is 5.60 Å². The van der Waals surface area contributed by atoms with Crippen molar-refractivity contribution in [3.63, 3.8) is 0 Å². The summed E-state index contributed by atoms with van der Waals surface area (Å²) in [5, 5.41) is 0. The molecule has 0 saturated heterocycles. The molecule has 1 aromatic rings. The van der Waals surface area contributed by atoms with Gasteiger partial charge in [-0.1, -0.05) is 51.1 Å². The molecule has 0 amide bonds. The summed E-state index contributed by atoms with van der Waals surface area (Å²) in [5.41, 5.74) is 0.463. The molecule has 19 heavy (non-hydrogen) atoms. The van der Waals surface area contributed by atoms with Gasteiger partial charge >= 0.3 is 0 Å². The summed E-state index contributed by atoms with van der Waals surface area (Å²) < 4.78 is 5.69. The van der Waals surface area contributed by atoms with E-state index in [9.17, 15) is 4.79 Å². The van der Waals surface area contributed by atoms with Gasteiger partial charge in [0, 0.05) is 13.5 Å². The van der Waals surface area contributed by atoms with Crippen molar-refractivity contribution in [3.8, 4) is 0 Å². The SMILES string of the molecule is CO[C@@]1(c2ccccc2)CC[C@@H](C(C)(C)C)CC1=O. The molecule has 0 N–H and O–H groups in total. The van der Waals surface area contributed by atoms with Gasteiger partial charge in [0.1, 0.15) is 0 Å². The Balaban J connectivity index is 2.28. The molecule has 0 bridgehead atoms. The second-order valence-corrected chi connectivity index (χ2v) is 6.63. The highest BCUT2D eigenvalue weighted by molar-refractivity contribution is 5.89. The van der Waals surface area contributed by atoms with Crippen LogP contribution < -0.4 is 0 Å². The smallest absolute Gasteiger partial charge is 0.169 e. The first-order chi connectivity index (χ1) is 8.90. The second-order valence-electron chi connectivity index (χ2n) is 6.63. The van der Waals surface area contributed by atoms with Crippen LogP contribution in [0.4, 0.5) is 0 Å². The number of hydrogen-bond donors (Lipinski definition) is 0. The van der Waals surface area contributed by atoms with Crippen molar-refractivity contribution < 1.29 is 9.53 Å². The first kappa shape index (κ1) is 14.3. The van der Waals surface area contributed by atoms with Crippen molar-refractivity contribution in [2.45, 2.75) is 45.6 Å². The van der Waals surface area contributed by atoms with Crippen LogP contribution in [0.15, 0.2) is 30.3 Å². The van der Waals surface area contributed by atoms with Crippen LogP contribution in [0.3, 0.4) is 0 Å². The van der Waals surface area contributed by atoms with Crippen LogP contribution in [-0.2, 0) is 15.1 Å². The quantitative estimate of drug-likeness (QED) is 0.805. The molecule has 1 aromatic carbocycles. The molecule has 104 valence electrons. The van der Waals surface area contributed by atoms with Crippen molar-refractivity contribution in [3.05, 3.63) is 35.9 Å². The summed E-state index contributed by atoms with van der Waals surface area (Å²) in [4.78, 5) is 12.7. The normalized spacial score (nSPS) is 28.4. The van der Waals surface area contributed by atoms with Gasteiger partial charge in [0.2, 0.25) is 0 Å². The van der Waals surface area contributed by atoms with Gasteiger partial charge in [-0.3, -0.25) is 4.79 Å². The molecule has 1 aliphatic carbocycles. The zero-order valence-electron chi connectivity index (χ0n) is 12.4. The van der Waals surface area contributed by atoms with Crippen LogP contribution >= 0.6 is 0 Å². The predicted octanol–water partition coefficient (Wildman–Crippen LogP) is 3.94. The molecule has 1 aliphatic rings. The number of Topliss-reactive ketones (excluding diaryl/α,β-unsaturated/α-hetero) is 1. The maximum Gasteiger partial charge on any atom is 0.169 e. The van der Waals surface area contributed by atoms with E-state index in [1.54, 1.807) is 7.11 Å². The average molecular weight is 260 g/mol. The fourth-order valence-corrected chi connectivity index (χ4v) is 3.09. The minimum absolute atomic E-state index is 0.187. The summed E-state index contributed by atoms with van der Waals surface area (Å²) >= 11 is 0. The molecule has 0 aromatic heterocycles. The number of hydrogen-bond acceptors (Lipinski definition) is 2. The van der Waals surface area contributed by atoms with Gasteiger partial charge in [-0.05, 0) is 29.7 Å². The molecule has 2 atom stereocenters. The molecule has 1 fully saturated rings. The molecule has 0 spiro atoms. The number of rotatable bonds is 2. The molecule has 1 saturated carbocycles. The number of carbonyl (C=O) groups is 1. The van der Waals surface area contributed by atoms with E-state index in [1.165, 1.54) is 0 Å². The number of carbonyl (C=O) groups excluding carboxylic acids is 1. The van der Waals surface area contributed by atoms with Crippen LogP contribution in [-0.4, -0.2) is 12.9 Å². The number of methoxy groups -OCH3 is 1. The molecule has 2 rings (SSSR count). The van der Waals surface area contributed by atoms with Crippen molar-refractivity contribution in [1.29, 1.82) is 0 Å². The van der Waals surface area contributed by atoms with Crippen LogP contribution in [0.2, 0.25) is 0 Å². The maximum absolute atomic E-state index is 12.7. The van der Waals surface area contributed by atoms with E-state index in [1.807, 2.05) is 30.3 Å². The van der Waals surface area contributed by atoms with Crippen LogP contribution in [0.5, 0.6) is 0 Å². The first-order valence-electron chi connectivity index (χ1n) is 7.04. The lowest BCUT2D eigenvalue weighted by Gasteiger charge is -2.42. The third-order valence-corrected chi connectivity index (χ3v) is 4.54. The summed E-state index contributed by atoms with van der Waals surface area (Å²) in [7, 11) is 1.66. The maximum atomic E-state index is 12.7. The largest absolute Gasteiger partial charge is 0.366 e. The van der Waals surface area contributed by atoms with Crippen LogP contribution in [0.25, 0.3) is 0 Å². The van der Waals surface area contributed by atoms with E-state index in [-0.39, 0.29) is 11.2 Å². The molecule has 0 unspecified atom stereocenters. The van der Waals surface area contributed by atoms with E-state index in [4.69, 9.17) is 4.74 Å². The lowest BCUT2D eigenvalue weighted by molar-refractivity contribution is -0.151. The molecule has 0 radical (unpaired) electrons. The zero-order chi connectivity index (χ0) is 14.1. The van der Waals surface area contributed by atoms with E-state index in [0.717, 1.165) is 18.4 Å². The van der Waals surface area contributed by atoms with Crippen LogP contribution in [0.1, 0.15) is 45.6 Å². The fraction of sp³-hybridized carbons (Fsp3) is 0.588. The molecular formula is C17H24O2. The Morgan fingerprint density at radius 3 is 2.32 bits per heavy atom. The standard InChI is InChI=1S/C17H24O2/c1-16(2,3)14-10-11-17(19-4,15(18)12-14)13-8-6-5-7-9-13/h5-9,14H,10-12H2,1-4H3/t14-,17-/m1/s1. The van der Waals surface area contributed by atoms with Crippen LogP contribution in [0, 0.1) is 11.3 Å². The average Bonchev–Trinajstić information content (AvgIpc) is 2.39. The minimum Gasteiger partial charge on any atom is -0.366 e. The second kappa shape index (κ2) is 5.09. The lowest BCUT2D eigenvalue weighted by Crippen LogP contribution is -2.45. The zero-order valence-corrected chi connectivity index (χ0v) is 12.4. The third-order valence-electron chi connectivity index (χ3n) is 4.54. The van der Waals surface area contributed by atoms with Gasteiger partial charge in [-0.15, -0.1) is 0 Å². The summed E-state index contributed by atoms with van der Waals surface area (Å²) in [5.74, 6) is 0.680. The first-order valence-corrected chi connectivity index (χ1v) is 7.04. The Morgan fingerprint density at radius 1 is 1.21 bits per heavy atom. The minimum atomic E-state index is -0.719. The Morgan fingerprint density at radius 2 is 1.84 bits per heavy atom. The Labute approximate surface area is 116 Å². The fourth-order valence-electron chi connectivity index (χ4n) is 3.09. The van der Waals surface area contributed by atoms with Gasteiger partial charge in [0.15, 0.2) is 11.4 Å². The topological polar surface area (TPSA) is 26.3 Å². The van der Waals surface area contributed by atoms with E-state index in [0.29, 0.717) is 12.3 Å². The highest BCUT2D eigenvalue weighted by Crippen LogP contribution is 2.45. The van der Waals surface area contributed by atoms with E-state index in [2.05, 4.69) is 20.8 Å². The number of ketones is 1. The van der Waals surface area contributed by atoms with Gasteiger partial charge in [-0.2, -0.15) is 0 Å². The number of ether oxygens (including phenoxy) is 1. The Bertz CT molecular complexity index is 444. The van der Waals surface area contributed by atoms with Gasteiger partial charge < -0.3 is 4.74 Å². The van der Waals surface area contributed by atoms with Crippen molar-refractivity contribution in [1.82, 2.24) is 0 Å². The molecular weight excluding hydrogens is 236 g/mol. The number of benzene rings is 1. The Kier molecular flexibility index (Phi) is 3.82. The van der Waals surface area contributed by atoms with Gasteiger partial charge in [0.25, 0.3) is 0 Å². The molecule has 2 nitrogen and oxygen atoms in total. The molecule has 0 aliphatic heterocycles.